The number of halogens is 1. The molecule has 1 saturated heterocycles. The van der Waals surface area contributed by atoms with Crippen LogP contribution in [0.5, 0.6) is 0 Å². The Kier molecular flexibility index (Phi) is 3.20. The number of benzene rings is 1. The quantitative estimate of drug-likeness (QED) is 0.808. The van der Waals surface area contributed by atoms with Crippen molar-refractivity contribution in [2.45, 2.75) is 12.5 Å². The number of carbonyl (C=O) groups is 3. The van der Waals surface area contributed by atoms with Gasteiger partial charge in [-0.25, -0.2) is 9.69 Å². The van der Waals surface area contributed by atoms with Crippen LogP contribution in [0.15, 0.2) is 24.3 Å². The van der Waals surface area contributed by atoms with Gasteiger partial charge in [-0.1, -0.05) is 11.6 Å². The second-order valence-corrected chi connectivity index (χ2v) is 4.19. The molecule has 1 aromatic rings. The number of aliphatic carboxylic acids is 1. The van der Waals surface area contributed by atoms with E-state index in [1.807, 2.05) is 0 Å². The number of hydrogen-bond donors (Lipinski definition) is 2. The number of carbonyl (C=O) groups excluding carboxylic acids is 2. The Bertz CT molecular complexity index is 514. The number of carboxylic acid groups (broad SMARTS) is 1. The SMILES string of the molecule is O=C(O)C[C@H]1NC(=O)N(c2ccc(Cl)cc2)C1=O. The number of amides is 3. The topological polar surface area (TPSA) is 86.7 Å². The number of urea groups is 1. The molecule has 1 fully saturated rings. The molecule has 1 aliphatic heterocycles. The van der Waals surface area contributed by atoms with Crippen LogP contribution in [0.1, 0.15) is 6.42 Å². The largest absolute Gasteiger partial charge is 0.481 e. The van der Waals surface area contributed by atoms with Crippen LogP contribution in [-0.4, -0.2) is 29.1 Å². The van der Waals surface area contributed by atoms with E-state index in [2.05, 4.69) is 5.32 Å². The molecule has 1 atom stereocenters. The fourth-order valence-electron chi connectivity index (χ4n) is 1.68. The highest BCUT2D eigenvalue weighted by Crippen LogP contribution is 2.22. The molecule has 94 valence electrons. The molecule has 2 N–H and O–H groups in total. The molecule has 0 aromatic heterocycles. The van der Waals surface area contributed by atoms with E-state index in [1.165, 1.54) is 12.1 Å². The minimum atomic E-state index is -1.15. The zero-order valence-corrected chi connectivity index (χ0v) is 9.85. The Hall–Kier alpha value is -2.08. The fraction of sp³-hybridized carbons (Fsp3) is 0.182. The summed E-state index contributed by atoms with van der Waals surface area (Å²) in [7, 11) is 0. The summed E-state index contributed by atoms with van der Waals surface area (Å²) >= 11 is 5.71. The number of nitrogens with zero attached hydrogens (tertiary/aromatic N) is 1. The summed E-state index contributed by atoms with van der Waals surface area (Å²) < 4.78 is 0. The standard InChI is InChI=1S/C11H9ClN2O4/c12-6-1-3-7(4-2-6)14-10(17)8(5-9(15)16)13-11(14)18/h1-4,8H,5H2,(H,13,18)(H,15,16)/t8-/m1/s1. The van der Waals surface area contributed by atoms with Gasteiger partial charge in [0.1, 0.15) is 6.04 Å². The second kappa shape index (κ2) is 4.66. The molecule has 0 aliphatic carbocycles. The first-order valence-electron chi connectivity index (χ1n) is 5.11. The Labute approximate surface area is 107 Å². The molecular weight excluding hydrogens is 260 g/mol. The van der Waals surface area contributed by atoms with E-state index in [1.54, 1.807) is 12.1 Å². The van der Waals surface area contributed by atoms with Crippen molar-refractivity contribution in [3.8, 4) is 0 Å². The van der Waals surface area contributed by atoms with Crippen molar-refractivity contribution in [1.29, 1.82) is 0 Å². The van der Waals surface area contributed by atoms with Crippen molar-refractivity contribution in [2.75, 3.05) is 4.90 Å². The van der Waals surface area contributed by atoms with Gasteiger partial charge in [-0.05, 0) is 24.3 Å². The van der Waals surface area contributed by atoms with Crippen molar-refractivity contribution in [3.05, 3.63) is 29.3 Å². The third-order valence-corrected chi connectivity index (χ3v) is 2.73. The fourth-order valence-corrected chi connectivity index (χ4v) is 1.80. The Morgan fingerprint density at radius 1 is 1.33 bits per heavy atom. The van der Waals surface area contributed by atoms with Crippen LogP contribution in [0.25, 0.3) is 0 Å². The molecule has 1 aromatic carbocycles. The highest BCUT2D eigenvalue weighted by molar-refractivity contribution is 6.30. The predicted octanol–water partition coefficient (Wildman–Crippen LogP) is 1.24. The van der Waals surface area contributed by atoms with Crippen molar-refractivity contribution in [1.82, 2.24) is 5.32 Å². The number of anilines is 1. The second-order valence-electron chi connectivity index (χ2n) is 3.75. The molecule has 0 saturated carbocycles. The van der Waals surface area contributed by atoms with Gasteiger partial charge in [0.15, 0.2) is 0 Å². The number of nitrogens with one attached hydrogen (secondary N) is 1. The van der Waals surface area contributed by atoms with E-state index in [9.17, 15) is 14.4 Å². The van der Waals surface area contributed by atoms with Crippen molar-refractivity contribution in [2.24, 2.45) is 0 Å². The summed E-state index contributed by atoms with van der Waals surface area (Å²) in [6, 6.07) is 4.47. The Balaban J connectivity index is 2.24. The van der Waals surface area contributed by atoms with Crippen molar-refractivity contribution >= 4 is 35.2 Å². The molecule has 0 radical (unpaired) electrons. The molecule has 0 bridgehead atoms. The molecule has 0 spiro atoms. The van der Waals surface area contributed by atoms with Crippen LogP contribution in [0.2, 0.25) is 5.02 Å². The summed E-state index contributed by atoms with van der Waals surface area (Å²) in [5, 5.41) is 11.4. The lowest BCUT2D eigenvalue weighted by Gasteiger charge is -2.12. The third kappa shape index (κ3) is 2.28. The van der Waals surface area contributed by atoms with Gasteiger partial charge in [0.25, 0.3) is 5.91 Å². The van der Waals surface area contributed by atoms with Gasteiger partial charge in [0.05, 0.1) is 12.1 Å². The van der Waals surface area contributed by atoms with Gasteiger partial charge >= 0.3 is 12.0 Å². The van der Waals surface area contributed by atoms with Gasteiger partial charge in [-0.2, -0.15) is 0 Å². The lowest BCUT2D eigenvalue weighted by molar-refractivity contribution is -0.139. The monoisotopic (exact) mass is 268 g/mol. The maximum absolute atomic E-state index is 11.9. The average molecular weight is 269 g/mol. The van der Waals surface area contributed by atoms with Crippen LogP contribution < -0.4 is 10.2 Å². The molecule has 3 amide bonds. The van der Waals surface area contributed by atoms with Crippen molar-refractivity contribution < 1.29 is 19.5 Å². The maximum atomic E-state index is 11.9. The van der Waals surface area contributed by atoms with Crippen LogP contribution >= 0.6 is 11.6 Å². The summed E-state index contributed by atoms with van der Waals surface area (Å²) in [6.07, 6.45) is -0.436. The normalized spacial score (nSPS) is 18.9. The van der Waals surface area contributed by atoms with Gasteiger partial charge in [-0.15, -0.1) is 0 Å². The van der Waals surface area contributed by atoms with E-state index in [4.69, 9.17) is 16.7 Å². The molecule has 1 aliphatic rings. The molecule has 1 heterocycles. The molecular formula is C11H9ClN2O4. The highest BCUT2D eigenvalue weighted by Gasteiger charge is 2.39. The van der Waals surface area contributed by atoms with Crippen molar-refractivity contribution in [3.63, 3.8) is 0 Å². The van der Waals surface area contributed by atoms with Gasteiger partial charge in [-0.3, -0.25) is 9.59 Å². The number of carboxylic acids is 1. The number of rotatable bonds is 3. The minimum absolute atomic E-state index is 0.356. The van der Waals surface area contributed by atoms with Gasteiger partial charge in [0.2, 0.25) is 0 Å². The summed E-state index contributed by atoms with van der Waals surface area (Å²) in [5.74, 6) is -1.73. The molecule has 18 heavy (non-hydrogen) atoms. The van der Waals surface area contributed by atoms with E-state index in [-0.39, 0.29) is 0 Å². The summed E-state index contributed by atoms with van der Waals surface area (Å²) in [4.78, 5) is 35.0. The number of hydrogen-bond acceptors (Lipinski definition) is 3. The minimum Gasteiger partial charge on any atom is -0.481 e. The molecule has 6 nitrogen and oxygen atoms in total. The summed E-state index contributed by atoms with van der Waals surface area (Å²) in [6.45, 7) is 0. The summed E-state index contributed by atoms with van der Waals surface area (Å²) in [5.41, 5.74) is 0.356. The average Bonchev–Trinajstić information content (AvgIpc) is 2.55. The maximum Gasteiger partial charge on any atom is 0.329 e. The van der Waals surface area contributed by atoms with Crippen LogP contribution in [0, 0.1) is 0 Å². The van der Waals surface area contributed by atoms with Crippen LogP contribution in [0.4, 0.5) is 10.5 Å². The Morgan fingerprint density at radius 2 is 1.94 bits per heavy atom. The van der Waals surface area contributed by atoms with Gasteiger partial charge < -0.3 is 10.4 Å². The molecule has 0 unspecified atom stereocenters. The Morgan fingerprint density at radius 3 is 2.50 bits per heavy atom. The van der Waals surface area contributed by atoms with E-state index in [0.29, 0.717) is 10.7 Å². The lowest BCUT2D eigenvalue weighted by atomic mass is 10.2. The van der Waals surface area contributed by atoms with E-state index < -0.39 is 30.4 Å². The zero-order valence-electron chi connectivity index (χ0n) is 9.09. The predicted molar refractivity (Wildman–Crippen MR) is 63.5 cm³/mol. The van der Waals surface area contributed by atoms with Crippen LogP contribution in [0.3, 0.4) is 0 Å². The van der Waals surface area contributed by atoms with Gasteiger partial charge in [0, 0.05) is 5.02 Å². The highest BCUT2D eigenvalue weighted by atomic mass is 35.5. The first kappa shape index (κ1) is 12.4. The van der Waals surface area contributed by atoms with Crippen LogP contribution in [-0.2, 0) is 9.59 Å². The van der Waals surface area contributed by atoms with E-state index >= 15 is 0 Å². The molecule has 2 rings (SSSR count). The third-order valence-electron chi connectivity index (χ3n) is 2.48. The van der Waals surface area contributed by atoms with E-state index in [0.717, 1.165) is 4.90 Å². The smallest absolute Gasteiger partial charge is 0.329 e. The lowest BCUT2D eigenvalue weighted by Crippen LogP contribution is -2.32. The number of imide groups is 1. The zero-order chi connectivity index (χ0) is 13.3. The first-order valence-corrected chi connectivity index (χ1v) is 5.48. The first-order chi connectivity index (χ1) is 8.49. The molecule has 7 heteroatoms.